The van der Waals surface area contributed by atoms with Gasteiger partial charge in [0.15, 0.2) is 0 Å². The molecule has 1 aromatic rings. The molecule has 0 heterocycles. The number of rotatable bonds is 4. The molecule has 0 aliphatic carbocycles. The molecule has 1 aromatic carbocycles. The first kappa shape index (κ1) is 12.9. The number of nitrogen functional groups attached to an aromatic ring is 1. The zero-order valence-corrected chi connectivity index (χ0v) is 9.46. The van der Waals surface area contributed by atoms with Crippen LogP contribution in [-0.2, 0) is 10.0 Å². The van der Waals surface area contributed by atoms with Crippen molar-refractivity contribution < 1.29 is 17.9 Å². The number of aliphatic hydroxyl groups excluding tert-OH is 1. The van der Waals surface area contributed by atoms with Crippen LogP contribution >= 0.6 is 0 Å². The maximum atomic E-state index is 12.7. The van der Waals surface area contributed by atoms with Crippen molar-refractivity contribution in [2.45, 2.75) is 17.9 Å². The molecule has 5 nitrogen and oxygen atoms in total. The zero-order valence-electron chi connectivity index (χ0n) is 8.64. The molecule has 4 N–H and O–H groups in total. The van der Waals surface area contributed by atoms with Gasteiger partial charge in [0.25, 0.3) is 0 Å². The third kappa shape index (κ3) is 2.91. The summed E-state index contributed by atoms with van der Waals surface area (Å²) in [7, 11) is -3.82. The Morgan fingerprint density at radius 2 is 2.19 bits per heavy atom. The largest absolute Gasteiger partial charge is 0.398 e. The van der Waals surface area contributed by atoms with Gasteiger partial charge in [-0.25, -0.2) is 17.5 Å². The Hall–Kier alpha value is -1.18. The van der Waals surface area contributed by atoms with Gasteiger partial charge >= 0.3 is 0 Å². The van der Waals surface area contributed by atoms with E-state index < -0.39 is 21.9 Å². The van der Waals surface area contributed by atoms with Crippen LogP contribution in [0.15, 0.2) is 23.1 Å². The van der Waals surface area contributed by atoms with Gasteiger partial charge in [0.1, 0.15) is 10.7 Å². The second kappa shape index (κ2) is 4.77. The van der Waals surface area contributed by atoms with Crippen LogP contribution in [-0.4, -0.2) is 26.2 Å². The van der Waals surface area contributed by atoms with Gasteiger partial charge in [-0.05, 0) is 25.1 Å². The molecule has 1 atom stereocenters. The number of hydrogen-bond acceptors (Lipinski definition) is 4. The molecule has 16 heavy (non-hydrogen) atoms. The van der Waals surface area contributed by atoms with E-state index in [-0.39, 0.29) is 17.2 Å². The van der Waals surface area contributed by atoms with Gasteiger partial charge in [-0.15, -0.1) is 0 Å². The second-order valence-corrected chi connectivity index (χ2v) is 5.07. The average Bonchev–Trinajstić information content (AvgIpc) is 2.16. The zero-order chi connectivity index (χ0) is 12.3. The topological polar surface area (TPSA) is 92.4 Å². The molecule has 0 unspecified atom stereocenters. The van der Waals surface area contributed by atoms with Crippen molar-refractivity contribution in [2.24, 2.45) is 0 Å². The summed E-state index contributed by atoms with van der Waals surface area (Å²) in [5, 5.41) is 8.74. The van der Waals surface area contributed by atoms with Crippen molar-refractivity contribution in [2.75, 3.05) is 12.3 Å². The summed E-state index contributed by atoms with van der Waals surface area (Å²) in [5.74, 6) is -0.605. The molecule has 0 amide bonds. The van der Waals surface area contributed by atoms with Crippen molar-refractivity contribution >= 4 is 15.7 Å². The second-order valence-electron chi connectivity index (χ2n) is 3.39. The van der Waals surface area contributed by atoms with Crippen molar-refractivity contribution in [1.29, 1.82) is 0 Å². The van der Waals surface area contributed by atoms with E-state index in [0.717, 1.165) is 18.2 Å². The molecule has 0 bridgehead atoms. The molecule has 0 fully saturated rings. The Bertz CT molecular complexity index is 476. The third-order valence-electron chi connectivity index (χ3n) is 1.89. The lowest BCUT2D eigenvalue weighted by Crippen LogP contribution is -2.35. The van der Waals surface area contributed by atoms with E-state index in [1.807, 2.05) is 0 Å². The molecule has 0 aliphatic rings. The van der Waals surface area contributed by atoms with E-state index in [9.17, 15) is 12.8 Å². The number of halogens is 1. The number of aliphatic hydroxyl groups is 1. The van der Waals surface area contributed by atoms with Crippen LogP contribution in [0.1, 0.15) is 6.92 Å². The van der Waals surface area contributed by atoms with Gasteiger partial charge in [0.2, 0.25) is 10.0 Å². The molecule has 7 heteroatoms. The van der Waals surface area contributed by atoms with Gasteiger partial charge in [-0.1, -0.05) is 0 Å². The fourth-order valence-electron chi connectivity index (χ4n) is 1.13. The summed E-state index contributed by atoms with van der Waals surface area (Å²) in [6.07, 6.45) is 0. The molecule has 0 radical (unpaired) electrons. The number of anilines is 1. The first-order valence-corrected chi connectivity index (χ1v) is 6.03. The number of hydrogen-bond donors (Lipinski definition) is 3. The molecular weight excluding hydrogens is 235 g/mol. The first-order chi connectivity index (χ1) is 7.36. The fourth-order valence-corrected chi connectivity index (χ4v) is 2.48. The molecule has 0 aliphatic heterocycles. The van der Waals surface area contributed by atoms with Crippen LogP contribution in [0.4, 0.5) is 10.1 Å². The standard InChI is InChI=1S/C9H13FN2O3S/c1-6(5-13)12-16(14,15)9-3-2-7(10)4-8(9)11/h2-4,6,12-13H,5,11H2,1H3/t6-/m0/s1. The Morgan fingerprint density at radius 3 is 2.69 bits per heavy atom. The molecule has 1 rings (SSSR count). The number of nitrogens with two attached hydrogens (primary N) is 1. The summed E-state index contributed by atoms with van der Waals surface area (Å²) >= 11 is 0. The van der Waals surface area contributed by atoms with Gasteiger partial charge in [-0.3, -0.25) is 0 Å². The van der Waals surface area contributed by atoms with Crippen LogP contribution in [0.2, 0.25) is 0 Å². The lowest BCUT2D eigenvalue weighted by Gasteiger charge is -2.12. The van der Waals surface area contributed by atoms with E-state index in [1.165, 1.54) is 6.92 Å². The highest BCUT2D eigenvalue weighted by molar-refractivity contribution is 7.89. The Morgan fingerprint density at radius 1 is 1.56 bits per heavy atom. The maximum absolute atomic E-state index is 12.7. The first-order valence-electron chi connectivity index (χ1n) is 4.55. The highest BCUT2D eigenvalue weighted by atomic mass is 32.2. The minimum atomic E-state index is -3.82. The summed E-state index contributed by atoms with van der Waals surface area (Å²) < 4.78 is 38.3. The van der Waals surface area contributed by atoms with E-state index in [1.54, 1.807) is 0 Å². The van der Waals surface area contributed by atoms with Crippen molar-refractivity contribution in [3.63, 3.8) is 0 Å². The summed E-state index contributed by atoms with van der Waals surface area (Å²) in [6.45, 7) is 1.16. The molecule has 0 saturated carbocycles. The molecular formula is C9H13FN2O3S. The van der Waals surface area contributed by atoms with Gasteiger partial charge in [0.05, 0.1) is 12.3 Å². The molecule has 0 spiro atoms. The molecule has 0 saturated heterocycles. The van der Waals surface area contributed by atoms with E-state index in [4.69, 9.17) is 10.8 Å². The predicted molar refractivity (Wildman–Crippen MR) is 57.7 cm³/mol. The number of nitrogens with one attached hydrogen (secondary N) is 1. The van der Waals surface area contributed by atoms with Gasteiger partial charge in [-0.2, -0.15) is 0 Å². The quantitative estimate of drug-likeness (QED) is 0.657. The highest BCUT2D eigenvalue weighted by Crippen LogP contribution is 2.19. The van der Waals surface area contributed by atoms with Crippen LogP contribution in [0.3, 0.4) is 0 Å². The lowest BCUT2D eigenvalue weighted by molar-refractivity contribution is 0.265. The van der Waals surface area contributed by atoms with Gasteiger partial charge < -0.3 is 10.8 Å². The minimum absolute atomic E-state index is 0.169. The average molecular weight is 248 g/mol. The van der Waals surface area contributed by atoms with Crippen LogP contribution in [0.5, 0.6) is 0 Å². The van der Waals surface area contributed by atoms with E-state index in [2.05, 4.69) is 4.72 Å². The Labute approximate surface area is 93.1 Å². The van der Waals surface area contributed by atoms with Gasteiger partial charge in [0, 0.05) is 6.04 Å². The predicted octanol–water partition coefficient (Wildman–Crippen LogP) is 0.0670. The highest BCUT2D eigenvalue weighted by Gasteiger charge is 2.19. The SMILES string of the molecule is C[C@@H](CO)NS(=O)(=O)c1ccc(F)cc1N. The third-order valence-corrected chi connectivity index (χ3v) is 3.56. The van der Waals surface area contributed by atoms with Crippen molar-refractivity contribution in [3.05, 3.63) is 24.0 Å². The number of sulfonamides is 1. The summed E-state index contributed by atoms with van der Waals surface area (Å²) in [6, 6.07) is 2.39. The normalized spacial score (nSPS) is 13.7. The van der Waals surface area contributed by atoms with E-state index in [0.29, 0.717) is 0 Å². The molecule has 90 valence electrons. The van der Waals surface area contributed by atoms with E-state index >= 15 is 0 Å². The van der Waals surface area contributed by atoms with Crippen LogP contribution < -0.4 is 10.5 Å². The maximum Gasteiger partial charge on any atom is 0.242 e. The van der Waals surface area contributed by atoms with Crippen molar-refractivity contribution in [3.8, 4) is 0 Å². The Balaban J connectivity index is 3.08. The Kier molecular flexibility index (Phi) is 3.84. The smallest absolute Gasteiger partial charge is 0.242 e. The minimum Gasteiger partial charge on any atom is -0.398 e. The lowest BCUT2D eigenvalue weighted by atomic mass is 10.3. The van der Waals surface area contributed by atoms with Crippen LogP contribution in [0, 0.1) is 5.82 Å². The monoisotopic (exact) mass is 248 g/mol. The summed E-state index contributed by atoms with van der Waals surface area (Å²) in [4.78, 5) is -0.200. The fraction of sp³-hybridized carbons (Fsp3) is 0.333. The van der Waals surface area contributed by atoms with Crippen molar-refractivity contribution in [1.82, 2.24) is 4.72 Å². The molecule has 0 aromatic heterocycles. The summed E-state index contributed by atoms with van der Waals surface area (Å²) in [5.41, 5.74) is 5.23. The number of benzene rings is 1. The van der Waals surface area contributed by atoms with Crippen LogP contribution in [0.25, 0.3) is 0 Å².